The van der Waals surface area contributed by atoms with E-state index >= 15 is 0 Å². The summed E-state index contributed by atoms with van der Waals surface area (Å²) in [6.07, 6.45) is -5.84. The van der Waals surface area contributed by atoms with Crippen molar-refractivity contribution in [2.45, 2.75) is 12.5 Å². The fourth-order valence-electron chi connectivity index (χ4n) is 4.26. The summed E-state index contributed by atoms with van der Waals surface area (Å²) >= 11 is 0. The summed E-state index contributed by atoms with van der Waals surface area (Å²) in [6.45, 7) is 1.48. The number of carbonyl (C=O) groups is 1. The van der Waals surface area contributed by atoms with Crippen LogP contribution in [0.4, 0.5) is 43.5 Å². The third-order valence-corrected chi connectivity index (χ3v) is 6.26. The van der Waals surface area contributed by atoms with E-state index in [0.29, 0.717) is 60.2 Å². The summed E-state index contributed by atoms with van der Waals surface area (Å²) in [5, 5.41) is 2.99. The molecule has 1 saturated heterocycles. The van der Waals surface area contributed by atoms with Gasteiger partial charge in [0.05, 0.1) is 23.8 Å². The molecule has 0 aliphatic carbocycles. The number of rotatable bonds is 6. The molecule has 1 aliphatic rings. The second kappa shape index (κ2) is 11.5. The zero-order chi connectivity index (χ0) is 29.9. The minimum atomic E-state index is -4.79. The molecule has 0 radical (unpaired) electrons. The van der Waals surface area contributed by atoms with Crippen molar-refractivity contribution in [2.75, 3.05) is 36.4 Å². The predicted molar refractivity (Wildman–Crippen MR) is 139 cm³/mol. The molecule has 0 bridgehead atoms. The van der Waals surface area contributed by atoms with E-state index < -0.39 is 18.4 Å². The van der Waals surface area contributed by atoms with E-state index in [4.69, 9.17) is 0 Å². The van der Waals surface area contributed by atoms with Crippen LogP contribution in [-0.4, -0.2) is 63.3 Å². The molecule has 1 aliphatic heterocycles. The first-order valence-electron chi connectivity index (χ1n) is 12.4. The number of piperazine rings is 1. The minimum Gasteiger partial charge on any atom is -0.406 e. The second-order valence-corrected chi connectivity index (χ2v) is 9.11. The molecule has 1 fully saturated rings. The van der Waals surface area contributed by atoms with E-state index in [0.717, 1.165) is 12.4 Å². The van der Waals surface area contributed by atoms with Gasteiger partial charge < -0.3 is 19.9 Å². The topological polar surface area (TPSA) is 96.4 Å². The van der Waals surface area contributed by atoms with Gasteiger partial charge in [0.25, 0.3) is 5.91 Å². The average molecular weight is 590 g/mol. The third-order valence-electron chi connectivity index (χ3n) is 6.26. The Morgan fingerprint density at radius 2 is 1.52 bits per heavy atom. The Kier molecular flexibility index (Phi) is 7.83. The van der Waals surface area contributed by atoms with Crippen molar-refractivity contribution in [3.8, 4) is 17.0 Å². The third kappa shape index (κ3) is 7.03. The van der Waals surface area contributed by atoms with Gasteiger partial charge in [0.15, 0.2) is 0 Å². The number of hydrogen-bond acceptors (Lipinski definition) is 8. The van der Waals surface area contributed by atoms with Crippen LogP contribution < -0.4 is 15.0 Å². The molecule has 0 atom stereocenters. The largest absolute Gasteiger partial charge is 0.573 e. The number of ether oxygens (including phenoxy) is 1. The summed E-state index contributed by atoms with van der Waals surface area (Å²) in [7, 11) is 0. The van der Waals surface area contributed by atoms with Crippen molar-refractivity contribution in [3.63, 3.8) is 0 Å². The molecule has 42 heavy (non-hydrogen) atoms. The zero-order valence-corrected chi connectivity index (χ0v) is 21.5. The van der Waals surface area contributed by atoms with Gasteiger partial charge in [-0.2, -0.15) is 13.2 Å². The van der Waals surface area contributed by atoms with E-state index in [1.807, 2.05) is 4.90 Å². The van der Waals surface area contributed by atoms with E-state index in [1.165, 1.54) is 30.6 Å². The number of nitrogens with zero attached hydrogens (tertiary/aromatic N) is 6. The molecule has 1 N–H and O–H groups in total. The molecule has 218 valence electrons. The van der Waals surface area contributed by atoms with Gasteiger partial charge in [0, 0.05) is 49.1 Å². The van der Waals surface area contributed by atoms with Gasteiger partial charge >= 0.3 is 12.5 Å². The molecule has 4 aromatic rings. The van der Waals surface area contributed by atoms with Crippen LogP contribution in [0, 0.1) is 0 Å². The number of halogens is 6. The first-order chi connectivity index (χ1) is 19.9. The van der Waals surface area contributed by atoms with Crippen molar-refractivity contribution in [1.82, 2.24) is 24.8 Å². The summed E-state index contributed by atoms with van der Waals surface area (Å²) < 4.78 is 79.2. The van der Waals surface area contributed by atoms with Gasteiger partial charge in [-0.15, -0.1) is 13.2 Å². The van der Waals surface area contributed by atoms with Crippen LogP contribution in [0.2, 0.25) is 0 Å². The quantitative estimate of drug-likeness (QED) is 0.292. The van der Waals surface area contributed by atoms with Crippen LogP contribution in [0.1, 0.15) is 16.2 Å². The van der Waals surface area contributed by atoms with Gasteiger partial charge in [-0.25, -0.2) is 19.9 Å². The molecular weight excluding hydrogens is 568 g/mol. The fraction of sp³-hybridized carbons (Fsp3) is 0.222. The molecule has 5 rings (SSSR count). The fourth-order valence-corrected chi connectivity index (χ4v) is 4.26. The van der Waals surface area contributed by atoms with Gasteiger partial charge in [-0.3, -0.25) is 4.79 Å². The first kappa shape index (κ1) is 28.6. The van der Waals surface area contributed by atoms with Gasteiger partial charge in [-0.05, 0) is 36.4 Å². The number of aromatic nitrogens is 4. The van der Waals surface area contributed by atoms with Crippen molar-refractivity contribution in [3.05, 3.63) is 84.7 Å². The van der Waals surface area contributed by atoms with Crippen molar-refractivity contribution < 1.29 is 35.9 Å². The lowest BCUT2D eigenvalue weighted by Crippen LogP contribution is -2.48. The number of alkyl halides is 6. The van der Waals surface area contributed by atoms with Crippen LogP contribution >= 0.6 is 0 Å². The lowest BCUT2D eigenvalue weighted by molar-refractivity contribution is -0.274. The average Bonchev–Trinajstić information content (AvgIpc) is 2.97. The Morgan fingerprint density at radius 1 is 0.833 bits per heavy atom. The summed E-state index contributed by atoms with van der Waals surface area (Å²) in [5.41, 5.74) is 2.48. The lowest BCUT2D eigenvalue weighted by Gasteiger charge is -2.35. The highest BCUT2D eigenvalue weighted by Gasteiger charge is 2.34. The summed E-state index contributed by atoms with van der Waals surface area (Å²) in [5.74, 6) is -1.40. The standard InChI is InChI=1S/C27H21F6N7O2/c28-26(29,30)25-34-14-20(15-35-25)39-8-10-40(11-9-39)24(41)18-3-1-2-17(12-18)22-13-23(37-16-36-22)38-19-4-6-21(7-5-19)42-27(31,32)33/h1-7,12-16H,8-11H2,(H,36,37,38). The molecule has 2 aromatic carbocycles. The van der Waals surface area contributed by atoms with Crippen molar-refractivity contribution >= 4 is 23.1 Å². The van der Waals surface area contributed by atoms with Gasteiger partial charge in [0.1, 0.15) is 17.9 Å². The van der Waals surface area contributed by atoms with Gasteiger partial charge in [-0.1, -0.05) is 12.1 Å². The highest BCUT2D eigenvalue weighted by atomic mass is 19.4. The second-order valence-electron chi connectivity index (χ2n) is 9.11. The number of hydrogen-bond donors (Lipinski definition) is 1. The monoisotopic (exact) mass is 589 g/mol. The predicted octanol–water partition coefficient (Wildman–Crippen LogP) is 5.56. The molecule has 2 aromatic heterocycles. The zero-order valence-electron chi connectivity index (χ0n) is 21.5. The summed E-state index contributed by atoms with van der Waals surface area (Å²) in [4.78, 5) is 31.9. The van der Waals surface area contributed by atoms with E-state index in [2.05, 4.69) is 30.0 Å². The van der Waals surface area contributed by atoms with E-state index in [1.54, 1.807) is 35.2 Å². The number of nitrogens with one attached hydrogen (secondary N) is 1. The van der Waals surface area contributed by atoms with Crippen LogP contribution in [0.15, 0.2) is 73.3 Å². The van der Waals surface area contributed by atoms with Crippen LogP contribution in [0.3, 0.4) is 0 Å². The molecule has 0 unspecified atom stereocenters. The Hall–Kier alpha value is -4.95. The van der Waals surface area contributed by atoms with E-state index in [9.17, 15) is 31.1 Å². The number of amides is 1. The number of anilines is 3. The molecular formula is C27H21F6N7O2. The van der Waals surface area contributed by atoms with Crippen LogP contribution in [-0.2, 0) is 6.18 Å². The Morgan fingerprint density at radius 3 is 2.17 bits per heavy atom. The Bertz CT molecular complexity index is 1540. The molecule has 9 nitrogen and oxygen atoms in total. The molecule has 0 spiro atoms. The van der Waals surface area contributed by atoms with Crippen LogP contribution in [0.5, 0.6) is 5.75 Å². The first-order valence-corrected chi connectivity index (χ1v) is 12.4. The maximum Gasteiger partial charge on any atom is 0.573 e. The highest BCUT2D eigenvalue weighted by Crippen LogP contribution is 2.28. The summed E-state index contributed by atoms with van der Waals surface area (Å²) in [6, 6.07) is 13.6. The Balaban J connectivity index is 1.22. The maximum atomic E-state index is 13.2. The van der Waals surface area contributed by atoms with Gasteiger partial charge in [0.2, 0.25) is 5.82 Å². The minimum absolute atomic E-state index is 0.214. The Labute approximate surface area is 234 Å². The molecule has 15 heteroatoms. The SMILES string of the molecule is O=C(c1cccc(-c2cc(Nc3ccc(OC(F)(F)F)cc3)ncn2)c1)N1CCN(c2cnc(C(F)(F)F)nc2)CC1. The molecule has 0 saturated carbocycles. The number of carbonyl (C=O) groups excluding carboxylic acids is 1. The van der Waals surface area contributed by atoms with Crippen molar-refractivity contribution in [2.24, 2.45) is 0 Å². The smallest absolute Gasteiger partial charge is 0.406 e. The number of benzene rings is 2. The molecule has 1 amide bonds. The normalized spacial score (nSPS) is 14.0. The van der Waals surface area contributed by atoms with Crippen LogP contribution in [0.25, 0.3) is 11.3 Å². The maximum absolute atomic E-state index is 13.2. The lowest BCUT2D eigenvalue weighted by atomic mass is 10.1. The molecule has 3 heterocycles. The highest BCUT2D eigenvalue weighted by molar-refractivity contribution is 5.95. The van der Waals surface area contributed by atoms with Crippen molar-refractivity contribution in [1.29, 1.82) is 0 Å². The van der Waals surface area contributed by atoms with E-state index in [-0.39, 0.29) is 11.7 Å².